The van der Waals surface area contributed by atoms with E-state index in [2.05, 4.69) is 40.6 Å². The molecule has 0 spiro atoms. The van der Waals surface area contributed by atoms with Crippen molar-refractivity contribution in [1.29, 1.82) is 0 Å². The Morgan fingerprint density at radius 2 is 2.21 bits per heavy atom. The van der Waals surface area contributed by atoms with Gasteiger partial charge in [0.15, 0.2) is 0 Å². The maximum Gasteiger partial charge on any atom is 0.259 e. The van der Waals surface area contributed by atoms with Crippen LogP contribution < -0.4 is 5.32 Å². The quantitative estimate of drug-likeness (QED) is 0.539. The molecule has 0 aromatic carbocycles. The zero-order chi connectivity index (χ0) is 19.1. The van der Waals surface area contributed by atoms with Crippen LogP contribution in [0.15, 0.2) is 29.2 Å². The minimum atomic E-state index is -0.238. The van der Waals surface area contributed by atoms with E-state index < -0.39 is 0 Å². The molecule has 1 saturated carbocycles. The largest absolute Gasteiger partial charge is 0.345 e. The molecule has 1 fully saturated rings. The summed E-state index contributed by atoms with van der Waals surface area (Å²) in [5, 5.41) is 14.4. The fourth-order valence-corrected chi connectivity index (χ4v) is 3.04. The van der Waals surface area contributed by atoms with Crippen LogP contribution in [0.4, 0.5) is 0 Å². The van der Waals surface area contributed by atoms with Gasteiger partial charge in [-0.15, -0.1) is 0 Å². The van der Waals surface area contributed by atoms with Gasteiger partial charge in [-0.25, -0.2) is 15.0 Å². The molecule has 10 nitrogen and oxygen atoms in total. The van der Waals surface area contributed by atoms with E-state index in [1.165, 1.54) is 0 Å². The topological polar surface area (TPSA) is 135 Å². The van der Waals surface area contributed by atoms with E-state index in [1.54, 1.807) is 25.5 Å². The van der Waals surface area contributed by atoms with Crippen molar-refractivity contribution in [2.24, 2.45) is 0 Å². The Bertz CT molecular complexity index is 1160. The number of nitrogens with one attached hydrogen (secondary N) is 2. The molecule has 0 unspecified atom stereocenters. The molecule has 4 heterocycles. The highest BCUT2D eigenvalue weighted by molar-refractivity contribution is 6.06. The number of rotatable bonds is 5. The SMILES string of the molecule is Cc1noc2nc(C3CC3)cc(C(=O)NCc3nc(-c4cnccn4)n[nH]3)c12. The van der Waals surface area contributed by atoms with Gasteiger partial charge in [-0.3, -0.25) is 14.9 Å². The number of hydrogen-bond acceptors (Lipinski definition) is 8. The molecule has 5 rings (SSSR count). The molecule has 0 atom stereocenters. The number of aromatic amines is 1. The van der Waals surface area contributed by atoms with Crippen LogP contribution in [0.2, 0.25) is 0 Å². The summed E-state index contributed by atoms with van der Waals surface area (Å²) in [6, 6.07) is 1.84. The summed E-state index contributed by atoms with van der Waals surface area (Å²) in [6.45, 7) is 1.99. The summed E-state index contributed by atoms with van der Waals surface area (Å²) in [5.41, 5.74) is 2.98. The molecule has 2 N–H and O–H groups in total. The average Bonchev–Trinajstić information content (AvgIpc) is 3.36. The Kier molecular flexibility index (Phi) is 3.81. The smallest absolute Gasteiger partial charge is 0.259 e. The van der Waals surface area contributed by atoms with Crippen molar-refractivity contribution in [2.75, 3.05) is 0 Å². The number of nitrogens with zero attached hydrogens (tertiary/aromatic N) is 6. The van der Waals surface area contributed by atoms with Crippen molar-refractivity contribution >= 4 is 17.0 Å². The van der Waals surface area contributed by atoms with Gasteiger partial charge in [0.1, 0.15) is 11.5 Å². The molecule has 0 bridgehead atoms. The highest BCUT2D eigenvalue weighted by atomic mass is 16.5. The third-order valence-corrected chi connectivity index (χ3v) is 4.62. The summed E-state index contributed by atoms with van der Waals surface area (Å²) < 4.78 is 5.29. The van der Waals surface area contributed by atoms with Crippen LogP contribution in [0, 0.1) is 6.92 Å². The Hall–Kier alpha value is -3.69. The summed E-state index contributed by atoms with van der Waals surface area (Å²) >= 11 is 0. The van der Waals surface area contributed by atoms with Crippen LogP contribution in [0.5, 0.6) is 0 Å². The second-order valence-corrected chi connectivity index (χ2v) is 6.70. The van der Waals surface area contributed by atoms with Crippen LogP contribution in [-0.2, 0) is 6.54 Å². The molecule has 0 saturated heterocycles. The van der Waals surface area contributed by atoms with E-state index in [9.17, 15) is 4.79 Å². The molecule has 10 heteroatoms. The van der Waals surface area contributed by atoms with Gasteiger partial charge < -0.3 is 9.84 Å². The molecular formula is C18H16N8O2. The maximum absolute atomic E-state index is 12.9. The summed E-state index contributed by atoms with van der Waals surface area (Å²) in [4.78, 5) is 29.9. The Morgan fingerprint density at radius 1 is 1.32 bits per heavy atom. The van der Waals surface area contributed by atoms with Crippen LogP contribution in [0.3, 0.4) is 0 Å². The van der Waals surface area contributed by atoms with Crippen molar-refractivity contribution < 1.29 is 9.32 Å². The van der Waals surface area contributed by atoms with Gasteiger partial charge in [0, 0.05) is 24.0 Å². The van der Waals surface area contributed by atoms with Crippen molar-refractivity contribution in [1.82, 2.24) is 40.6 Å². The summed E-state index contributed by atoms with van der Waals surface area (Å²) in [7, 11) is 0. The van der Waals surface area contributed by atoms with Gasteiger partial charge in [0.25, 0.3) is 11.6 Å². The number of carbonyl (C=O) groups excluding carboxylic acids is 1. The van der Waals surface area contributed by atoms with Crippen molar-refractivity contribution in [3.8, 4) is 11.5 Å². The molecule has 1 aliphatic carbocycles. The number of hydrogen-bond donors (Lipinski definition) is 2. The Morgan fingerprint density at radius 3 is 3.00 bits per heavy atom. The Balaban J connectivity index is 1.37. The minimum Gasteiger partial charge on any atom is -0.345 e. The van der Waals surface area contributed by atoms with Crippen molar-refractivity contribution in [2.45, 2.75) is 32.2 Å². The van der Waals surface area contributed by atoms with E-state index in [0.29, 0.717) is 45.6 Å². The van der Waals surface area contributed by atoms with Crippen molar-refractivity contribution in [3.63, 3.8) is 0 Å². The fraction of sp³-hybridized carbons (Fsp3) is 0.278. The third-order valence-electron chi connectivity index (χ3n) is 4.62. The van der Waals surface area contributed by atoms with E-state index in [0.717, 1.165) is 18.5 Å². The summed E-state index contributed by atoms with van der Waals surface area (Å²) in [6.07, 6.45) is 6.88. The predicted molar refractivity (Wildman–Crippen MR) is 97.1 cm³/mol. The van der Waals surface area contributed by atoms with E-state index in [1.807, 2.05) is 6.07 Å². The highest BCUT2D eigenvalue weighted by Crippen LogP contribution is 2.40. The lowest BCUT2D eigenvalue weighted by Gasteiger charge is -2.06. The van der Waals surface area contributed by atoms with Crippen LogP contribution in [-0.4, -0.2) is 41.2 Å². The van der Waals surface area contributed by atoms with Crippen LogP contribution in [0.1, 0.15) is 46.3 Å². The van der Waals surface area contributed by atoms with E-state index in [-0.39, 0.29) is 12.5 Å². The first-order chi connectivity index (χ1) is 13.7. The van der Waals surface area contributed by atoms with Gasteiger partial charge in [-0.05, 0) is 25.8 Å². The van der Waals surface area contributed by atoms with E-state index >= 15 is 0 Å². The summed E-state index contributed by atoms with van der Waals surface area (Å²) in [5.74, 6) is 1.10. The number of fused-ring (bicyclic) bond motifs is 1. The molecule has 4 aromatic rings. The lowest BCUT2D eigenvalue weighted by atomic mass is 10.1. The zero-order valence-corrected chi connectivity index (χ0v) is 15.0. The lowest BCUT2D eigenvalue weighted by Crippen LogP contribution is -2.24. The third kappa shape index (κ3) is 2.98. The Labute approximate surface area is 158 Å². The van der Waals surface area contributed by atoms with Crippen molar-refractivity contribution in [3.05, 3.63) is 47.4 Å². The number of aromatic nitrogens is 7. The monoisotopic (exact) mass is 376 g/mol. The molecule has 0 radical (unpaired) electrons. The first-order valence-electron chi connectivity index (χ1n) is 8.92. The van der Waals surface area contributed by atoms with Gasteiger partial charge in [-0.2, -0.15) is 5.10 Å². The number of pyridine rings is 1. The molecule has 140 valence electrons. The average molecular weight is 376 g/mol. The normalized spacial score (nSPS) is 13.8. The number of amides is 1. The standard InChI is InChI=1S/C18H16N8O2/c1-9-15-11(6-12(10-2-3-10)22-18(15)28-26-9)17(27)21-8-14-23-16(25-24-14)13-7-19-4-5-20-13/h4-7,10H,2-3,8H2,1H3,(H,21,27)(H,23,24,25). The van der Waals surface area contributed by atoms with Gasteiger partial charge in [0.2, 0.25) is 5.82 Å². The minimum absolute atomic E-state index is 0.193. The highest BCUT2D eigenvalue weighted by Gasteiger charge is 2.28. The van der Waals surface area contributed by atoms with E-state index in [4.69, 9.17) is 4.52 Å². The second kappa shape index (κ2) is 6.48. The number of H-pyrrole nitrogens is 1. The van der Waals surface area contributed by atoms with Gasteiger partial charge in [0.05, 0.1) is 29.4 Å². The first-order valence-corrected chi connectivity index (χ1v) is 8.92. The fourth-order valence-electron chi connectivity index (χ4n) is 3.04. The molecule has 1 aliphatic rings. The zero-order valence-electron chi connectivity index (χ0n) is 15.0. The number of aryl methyl sites for hydroxylation is 1. The molecule has 0 aliphatic heterocycles. The molecular weight excluding hydrogens is 360 g/mol. The number of carbonyl (C=O) groups is 1. The molecule has 1 amide bonds. The predicted octanol–water partition coefficient (Wildman–Crippen LogP) is 1.91. The molecule has 4 aromatic heterocycles. The second-order valence-electron chi connectivity index (χ2n) is 6.70. The van der Waals surface area contributed by atoms with Gasteiger partial charge in [-0.1, -0.05) is 5.16 Å². The molecule has 28 heavy (non-hydrogen) atoms. The van der Waals surface area contributed by atoms with Gasteiger partial charge >= 0.3 is 0 Å². The maximum atomic E-state index is 12.9. The van der Waals surface area contributed by atoms with Crippen LogP contribution >= 0.6 is 0 Å². The lowest BCUT2D eigenvalue weighted by molar-refractivity contribution is 0.0951. The first kappa shape index (κ1) is 16.5. The van der Waals surface area contributed by atoms with Crippen LogP contribution in [0.25, 0.3) is 22.6 Å².